The van der Waals surface area contributed by atoms with E-state index in [1.807, 2.05) is 0 Å². The molecule has 4 N–H and O–H groups in total. The van der Waals surface area contributed by atoms with E-state index in [0.29, 0.717) is 6.04 Å². The number of hydrogen-bond donors (Lipinski definition) is 4. The predicted octanol–water partition coefficient (Wildman–Crippen LogP) is -1.24. The van der Waals surface area contributed by atoms with Crippen molar-refractivity contribution in [1.82, 2.24) is 5.32 Å². The number of rotatable bonds is 2. The Hall–Kier alpha value is -0.420. The lowest BCUT2D eigenvalue weighted by Crippen LogP contribution is -2.52. The summed E-state index contributed by atoms with van der Waals surface area (Å²) >= 11 is 0. The van der Waals surface area contributed by atoms with Gasteiger partial charge in [0.1, 0.15) is 18.3 Å². The van der Waals surface area contributed by atoms with Crippen molar-refractivity contribution in [3.8, 4) is 0 Å². The Morgan fingerprint density at radius 2 is 1.69 bits per heavy atom. The van der Waals surface area contributed by atoms with E-state index >= 15 is 0 Å². The van der Waals surface area contributed by atoms with E-state index in [4.69, 9.17) is 0 Å². The molecule has 0 amide bonds. The molecule has 0 aromatic carbocycles. The zero-order valence-corrected chi connectivity index (χ0v) is 7.30. The van der Waals surface area contributed by atoms with Crippen LogP contribution >= 0.6 is 0 Å². The van der Waals surface area contributed by atoms with Crippen LogP contribution in [-0.4, -0.2) is 45.7 Å². The maximum absolute atomic E-state index is 9.56. The Labute approximate surface area is 76.9 Å². The maximum Gasteiger partial charge on any atom is 0.111 e. The van der Waals surface area contributed by atoms with E-state index in [9.17, 15) is 15.3 Å². The third-order valence-electron chi connectivity index (χ3n) is 2.59. The summed E-state index contributed by atoms with van der Waals surface area (Å²) in [5, 5.41) is 31.3. The third-order valence-corrected chi connectivity index (χ3v) is 2.59. The van der Waals surface area contributed by atoms with Gasteiger partial charge >= 0.3 is 0 Å². The topological polar surface area (TPSA) is 72.7 Å². The summed E-state index contributed by atoms with van der Waals surface area (Å²) in [6.07, 6.45) is 2.61. The van der Waals surface area contributed by atoms with E-state index in [1.54, 1.807) is 6.08 Å². The highest BCUT2D eigenvalue weighted by molar-refractivity contribution is 5.11. The summed E-state index contributed by atoms with van der Waals surface area (Å²) in [6, 6.07) is 0.262. The number of aliphatic hydroxyl groups excluding tert-OH is 3. The molecule has 0 spiro atoms. The van der Waals surface area contributed by atoms with Crippen LogP contribution in [0.15, 0.2) is 12.2 Å². The third kappa shape index (κ3) is 1.91. The lowest BCUT2D eigenvalue weighted by molar-refractivity contribution is -0.0567. The van der Waals surface area contributed by atoms with Crippen molar-refractivity contribution >= 4 is 0 Å². The van der Waals surface area contributed by atoms with Gasteiger partial charge in [0.25, 0.3) is 0 Å². The molecule has 1 fully saturated rings. The van der Waals surface area contributed by atoms with Gasteiger partial charge in [-0.2, -0.15) is 0 Å². The standard InChI is InChI=1S/C9H15NO3/c11-7-4-3-6(8(12)9(7)13)10-5-1-2-5/h3-13H,1-2H2/t6-,7+,8+,9+/m0/s1. The van der Waals surface area contributed by atoms with Crippen molar-refractivity contribution in [3.63, 3.8) is 0 Å². The van der Waals surface area contributed by atoms with Gasteiger partial charge in [0.2, 0.25) is 0 Å². The molecule has 4 nitrogen and oxygen atoms in total. The Morgan fingerprint density at radius 1 is 1.00 bits per heavy atom. The zero-order chi connectivity index (χ0) is 9.42. The second kappa shape index (κ2) is 3.38. The van der Waals surface area contributed by atoms with Gasteiger partial charge < -0.3 is 20.6 Å². The molecule has 0 aromatic heterocycles. The fourth-order valence-electron chi connectivity index (χ4n) is 1.55. The van der Waals surface area contributed by atoms with Gasteiger partial charge in [0.15, 0.2) is 0 Å². The second-order valence-electron chi connectivity index (χ2n) is 3.82. The molecule has 1 saturated carbocycles. The first-order chi connectivity index (χ1) is 6.18. The summed E-state index contributed by atoms with van der Waals surface area (Å²) in [5.41, 5.74) is 0. The highest BCUT2D eigenvalue weighted by Gasteiger charge is 2.35. The molecular weight excluding hydrogens is 170 g/mol. The Kier molecular flexibility index (Phi) is 2.38. The average molecular weight is 185 g/mol. The molecule has 0 bridgehead atoms. The molecule has 2 rings (SSSR count). The van der Waals surface area contributed by atoms with Crippen molar-refractivity contribution in [2.45, 2.75) is 43.2 Å². The minimum absolute atomic E-state index is 0.217. The Morgan fingerprint density at radius 3 is 2.31 bits per heavy atom. The second-order valence-corrected chi connectivity index (χ2v) is 3.82. The van der Waals surface area contributed by atoms with E-state index < -0.39 is 18.3 Å². The number of nitrogens with one attached hydrogen (secondary N) is 1. The molecule has 13 heavy (non-hydrogen) atoms. The monoisotopic (exact) mass is 185 g/mol. The summed E-state index contributed by atoms with van der Waals surface area (Å²) in [4.78, 5) is 0. The van der Waals surface area contributed by atoms with Gasteiger partial charge in [-0.15, -0.1) is 0 Å². The van der Waals surface area contributed by atoms with E-state index in [2.05, 4.69) is 5.32 Å². The van der Waals surface area contributed by atoms with Crippen molar-refractivity contribution in [2.75, 3.05) is 0 Å². The Balaban J connectivity index is 1.98. The SMILES string of the molecule is O[C@H]1[C@H](O)[C@@H](NC2CC2)C=C[C@H]1O. The van der Waals surface area contributed by atoms with Crippen LogP contribution in [0.3, 0.4) is 0 Å². The van der Waals surface area contributed by atoms with Gasteiger partial charge in [-0.05, 0) is 12.8 Å². The van der Waals surface area contributed by atoms with E-state index in [-0.39, 0.29) is 6.04 Å². The van der Waals surface area contributed by atoms with E-state index in [0.717, 1.165) is 12.8 Å². The predicted molar refractivity (Wildman–Crippen MR) is 47.1 cm³/mol. The molecule has 74 valence electrons. The molecule has 4 heteroatoms. The largest absolute Gasteiger partial charge is 0.388 e. The summed E-state index contributed by atoms with van der Waals surface area (Å²) in [6.45, 7) is 0. The van der Waals surface area contributed by atoms with Crippen LogP contribution in [0.1, 0.15) is 12.8 Å². The molecule has 0 aromatic rings. The molecule has 0 radical (unpaired) electrons. The van der Waals surface area contributed by atoms with Gasteiger partial charge in [-0.1, -0.05) is 12.2 Å². The first-order valence-electron chi connectivity index (χ1n) is 4.67. The number of hydrogen-bond acceptors (Lipinski definition) is 4. The van der Waals surface area contributed by atoms with E-state index in [1.165, 1.54) is 6.08 Å². The molecule has 2 aliphatic carbocycles. The average Bonchev–Trinajstić information content (AvgIpc) is 2.90. The van der Waals surface area contributed by atoms with Crippen LogP contribution in [0.25, 0.3) is 0 Å². The Bertz CT molecular complexity index is 215. The van der Waals surface area contributed by atoms with Crippen molar-refractivity contribution in [2.24, 2.45) is 0 Å². The highest BCUT2D eigenvalue weighted by Crippen LogP contribution is 2.22. The molecule has 0 aliphatic heterocycles. The lowest BCUT2D eigenvalue weighted by atomic mass is 9.94. The van der Waals surface area contributed by atoms with Gasteiger partial charge in [-0.25, -0.2) is 0 Å². The van der Waals surface area contributed by atoms with Gasteiger partial charge in [0.05, 0.1) is 6.04 Å². The fourth-order valence-corrected chi connectivity index (χ4v) is 1.55. The summed E-state index contributed by atoms with van der Waals surface area (Å²) in [7, 11) is 0. The minimum atomic E-state index is -1.07. The minimum Gasteiger partial charge on any atom is -0.388 e. The van der Waals surface area contributed by atoms with Crippen molar-refractivity contribution in [1.29, 1.82) is 0 Å². The summed E-state index contributed by atoms with van der Waals surface area (Å²) in [5.74, 6) is 0. The first kappa shape index (κ1) is 9.15. The molecular formula is C9H15NO3. The molecule has 2 aliphatic rings. The normalized spacial score (nSPS) is 45.2. The molecule has 0 heterocycles. The van der Waals surface area contributed by atoms with Crippen molar-refractivity contribution in [3.05, 3.63) is 12.2 Å². The highest BCUT2D eigenvalue weighted by atomic mass is 16.4. The van der Waals surface area contributed by atoms with Gasteiger partial charge in [-0.3, -0.25) is 0 Å². The van der Waals surface area contributed by atoms with Crippen LogP contribution in [0.2, 0.25) is 0 Å². The van der Waals surface area contributed by atoms with Gasteiger partial charge in [0, 0.05) is 6.04 Å². The molecule has 4 atom stereocenters. The molecule has 0 unspecified atom stereocenters. The smallest absolute Gasteiger partial charge is 0.111 e. The van der Waals surface area contributed by atoms with Crippen LogP contribution in [0.5, 0.6) is 0 Å². The number of aliphatic hydroxyl groups is 3. The quantitative estimate of drug-likeness (QED) is 0.406. The van der Waals surface area contributed by atoms with Crippen LogP contribution in [0.4, 0.5) is 0 Å². The molecule has 0 saturated heterocycles. The first-order valence-corrected chi connectivity index (χ1v) is 4.67. The van der Waals surface area contributed by atoms with Crippen LogP contribution in [-0.2, 0) is 0 Å². The van der Waals surface area contributed by atoms with Crippen LogP contribution in [0, 0.1) is 0 Å². The van der Waals surface area contributed by atoms with Crippen molar-refractivity contribution < 1.29 is 15.3 Å². The lowest BCUT2D eigenvalue weighted by Gasteiger charge is -2.31. The van der Waals surface area contributed by atoms with Crippen LogP contribution < -0.4 is 5.32 Å². The maximum atomic E-state index is 9.56. The zero-order valence-electron chi connectivity index (χ0n) is 7.30. The fraction of sp³-hybridized carbons (Fsp3) is 0.778. The summed E-state index contributed by atoms with van der Waals surface area (Å²) < 4.78 is 0.